The normalized spacial score (nSPS) is 18.2. The van der Waals surface area contributed by atoms with Crippen molar-refractivity contribution in [1.82, 2.24) is 14.9 Å². The third-order valence-corrected chi connectivity index (χ3v) is 3.86. The number of hydrogen-bond donors (Lipinski definition) is 1. The molecule has 1 atom stereocenters. The van der Waals surface area contributed by atoms with Crippen LogP contribution >= 0.6 is 0 Å². The van der Waals surface area contributed by atoms with E-state index in [4.69, 9.17) is 11.2 Å². The molecule has 0 aliphatic carbocycles. The first-order chi connectivity index (χ1) is 10.9. The van der Waals surface area contributed by atoms with E-state index < -0.39 is 5.60 Å². The summed E-state index contributed by atoms with van der Waals surface area (Å²) in [6, 6.07) is 5.59. The first-order valence-corrected chi connectivity index (χ1v) is 7.83. The van der Waals surface area contributed by atoms with Gasteiger partial charge in [0.2, 0.25) is 0 Å². The van der Waals surface area contributed by atoms with Crippen LogP contribution in [0.1, 0.15) is 51.0 Å². The Bertz CT molecular complexity index is 780. The van der Waals surface area contributed by atoms with Gasteiger partial charge in [0.05, 0.1) is 17.1 Å². The summed E-state index contributed by atoms with van der Waals surface area (Å²) in [5.74, 6) is 3.41. The fourth-order valence-corrected chi connectivity index (χ4v) is 2.87. The highest BCUT2D eigenvalue weighted by Crippen LogP contribution is 2.32. The Labute approximate surface area is 136 Å². The minimum Gasteiger partial charge on any atom is -0.444 e. The molecule has 5 heteroatoms. The van der Waals surface area contributed by atoms with E-state index in [1.54, 1.807) is 4.90 Å². The van der Waals surface area contributed by atoms with Gasteiger partial charge >= 0.3 is 6.09 Å². The molecule has 0 spiro atoms. The van der Waals surface area contributed by atoms with Gasteiger partial charge in [-0.1, -0.05) is 5.92 Å². The number of rotatable bonds is 1. The number of terminal acetylenes is 1. The highest BCUT2D eigenvalue weighted by atomic mass is 16.6. The van der Waals surface area contributed by atoms with E-state index in [0.29, 0.717) is 6.54 Å². The van der Waals surface area contributed by atoms with Crippen molar-refractivity contribution in [3.8, 4) is 12.3 Å². The summed E-state index contributed by atoms with van der Waals surface area (Å²) in [7, 11) is 0. The highest BCUT2D eigenvalue weighted by molar-refractivity contribution is 5.77. The molecule has 1 aliphatic heterocycles. The zero-order chi connectivity index (χ0) is 16.6. The van der Waals surface area contributed by atoms with E-state index in [0.717, 1.165) is 35.3 Å². The Morgan fingerprint density at radius 2 is 2.26 bits per heavy atom. The van der Waals surface area contributed by atoms with Gasteiger partial charge in [-0.2, -0.15) is 0 Å². The van der Waals surface area contributed by atoms with Gasteiger partial charge in [0.1, 0.15) is 11.4 Å². The van der Waals surface area contributed by atoms with E-state index in [1.807, 2.05) is 39.0 Å². The van der Waals surface area contributed by atoms with Crippen LogP contribution in [-0.4, -0.2) is 33.1 Å². The van der Waals surface area contributed by atoms with Crippen LogP contribution in [0.25, 0.3) is 11.0 Å². The zero-order valence-electron chi connectivity index (χ0n) is 13.7. The number of benzene rings is 1. The Hall–Kier alpha value is -2.48. The van der Waals surface area contributed by atoms with Gasteiger partial charge in [0.25, 0.3) is 0 Å². The number of aromatic amines is 1. The molecule has 1 N–H and O–H groups in total. The van der Waals surface area contributed by atoms with Crippen LogP contribution in [0.5, 0.6) is 0 Å². The quantitative estimate of drug-likeness (QED) is 0.818. The lowest BCUT2D eigenvalue weighted by molar-refractivity contribution is 0.0219. The summed E-state index contributed by atoms with van der Waals surface area (Å²) in [4.78, 5) is 22.1. The van der Waals surface area contributed by atoms with Crippen LogP contribution in [-0.2, 0) is 4.74 Å². The molecule has 23 heavy (non-hydrogen) atoms. The van der Waals surface area contributed by atoms with E-state index in [-0.39, 0.29) is 12.1 Å². The smallest absolute Gasteiger partial charge is 0.410 e. The van der Waals surface area contributed by atoms with Crippen LogP contribution in [0.15, 0.2) is 18.2 Å². The third-order valence-electron chi connectivity index (χ3n) is 3.86. The topological polar surface area (TPSA) is 58.2 Å². The molecule has 0 saturated carbocycles. The van der Waals surface area contributed by atoms with Crippen LogP contribution in [0, 0.1) is 12.3 Å². The van der Waals surface area contributed by atoms with Crippen molar-refractivity contribution in [2.45, 2.75) is 45.3 Å². The van der Waals surface area contributed by atoms with Crippen LogP contribution in [0.4, 0.5) is 4.79 Å². The Kier molecular flexibility index (Phi) is 3.77. The second kappa shape index (κ2) is 5.62. The van der Waals surface area contributed by atoms with Crippen molar-refractivity contribution in [2.24, 2.45) is 0 Å². The Morgan fingerprint density at radius 1 is 1.48 bits per heavy atom. The fraction of sp³-hybridized carbons (Fsp3) is 0.444. The molecule has 1 aliphatic rings. The maximum Gasteiger partial charge on any atom is 0.410 e. The molecule has 1 aromatic heterocycles. The van der Waals surface area contributed by atoms with Crippen molar-refractivity contribution in [2.75, 3.05) is 6.54 Å². The fourth-order valence-electron chi connectivity index (χ4n) is 2.87. The van der Waals surface area contributed by atoms with Gasteiger partial charge in [-0.25, -0.2) is 9.78 Å². The lowest BCUT2D eigenvalue weighted by Gasteiger charge is -2.27. The van der Waals surface area contributed by atoms with Crippen molar-refractivity contribution in [3.63, 3.8) is 0 Å². The molecular formula is C18H21N3O2. The lowest BCUT2D eigenvalue weighted by Crippen LogP contribution is -2.36. The molecule has 0 radical (unpaired) electrons. The number of amides is 1. The number of hydrogen-bond acceptors (Lipinski definition) is 3. The Balaban J connectivity index is 1.88. The second-order valence-electron chi connectivity index (χ2n) is 6.83. The first-order valence-electron chi connectivity index (χ1n) is 7.83. The molecule has 2 heterocycles. The predicted molar refractivity (Wildman–Crippen MR) is 88.9 cm³/mol. The largest absolute Gasteiger partial charge is 0.444 e. The third kappa shape index (κ3) is 3.16. The van der Waals surface area contributed by atoms with Crippen LogP contribution < -0.4 is 0 Å². The molecule has 1 saturated heterocycles. The molecule has 120 valence electrons. The molecule has 1 aromatic carbocycles. The molecule has 1 amide bonds. The molecule has 2 aromatic rings. The summed E-state index contributed by atoms with van der Waals surface area (Å²) < 4.78 is 5.50. The van der Waals surface area contributed by atoms with Gasteiger partial charge in [-0.3, -0.25) is 4.90 Å². The average Bonchev–Trinajstić information content (AvgIpc) is 3.10. The second-order valence-corrected chi connectivity index (χ2v) is 6.83. The van der Waals surface area contributed by atoms with E-state index in [9.17, 15) is 4.79 Å². The van der Waals surface area contributed by atoms with Crippen molar-refractivity contribution in [1.29, 1.82) is 0 Å². The standard InChI is InChI=1S/C18H21N3O2/c1-5-12-8-9-13-14(11-12)20-16(19-13)15-7-6-10-21(15)17(22)23-18(2,3)4/h1,8-9,11,15H,6-7,10H2,2-4H3,(H,19,20)/t15-/m0/s1. The summed E-state index contributed by atoms with van der Waals surface area (Å²) in [5.41, 5.74) is 2.06. The number of carbonyl (C=O) groups is 1. The molecule has 3 rings (SSSR count). The van der Waals surface area contributed by atoms with Crippen molar-refractivity contribution in [3.05, 3.63) is 29.6 Å². The van der Waals surface area contributed by atoms with Gasteiger partial charge in [0, 0.05) is 12.1 Å². The number of nitrogens with one attached hydrogen (secondary N) is 1. The molecular weight excluding hydrogens is 290 g/mol. The number of imidazole rings is 1. The summed E-state index contributed by atoms with van der Waals surface area (Å²) in [6.07, 6.45) is 6.97. The van der Waals surface area contributed by atoms with E-state index >= 15 is 0 Å². The van der Waals surface area contributed by atoms with Gasteiger partial charge in [-0.15, -0.1) is 6.42 Å². The molecule has 0 unspecified atom stereocenters. The SMILES string of the molecule is C#Cc1ccc2nc([C@@H]3CCCN3C(=O)OC(C)(C)C)[nH]c2c1. The van der Waals surface area contributed by atoms with Crippen molar-refractivity contribution < 1.29 is 9.53 Å². The minimum atomic E-state index is -0.500. The van der Waals surface area contributed by atoms with Crippen LogP contribution in [0.2, 0.25) is 0 Å². The number of ether oxygens (including phenoxy) is 1. The first kappa shape index (κ1) is 15.4. The highest BCUT2D eigenvalue weighted by Gasteiger charge is 2.34. The summed E-state index contributed by atoms with van der Waals surface area (Å²) in [6.45, 7) is 6.31. The molecule has 1 fully saturated rings. The predicted octanol–water partition coefficient (Wildman–Crippen LogP) is 3.62. The Morgan fingerprint density at radius 3 is 2.96 bits per heavy atom. The molecule has 0 bridgehead atoms. The van der Waals surface area contributed by atoms with E-state index in [2.05, 4.69) is 15.9 Å². The van der Waals surface area contributed by atoms with Gasteiger partial charge < -0.3 is 9.72 Å². The minimum absolute atomic E-state index is 0.0773. The van der Waals surface area contributed by atoms with E-state index in [1.165, 1.54) is 0 Å². The lowest BCUT2D eigenvalue weighted by atomic mass is 10.2. The van der Waals surface area contributed by atoms with Crippen molar-refractivity contribution >= 4 is 17.1 Å². The maximum atomic E-state index is 12.4. The van der Waals surface area contributed by atoms with Crippen LogP contribution in [0.3, 0.4) is 0 Å². The number of likely N-dealkylation sites (tertiary alicyclic amines) is 1. The zero-order valence-corrected chi connectivity index (χ0v) is 13.7. The molecule has 5 nitrogen and oxygen atoms in total. The monoisotopic (exact) mass is 311 g/mol. The number of aromatic nitrogens is 2. The van der Waals surface area contributed by atoms with Gasteiger partial charge in [0.15, 0.2) is 0 Å². The summed E-state index contributed by atoms with van der Waals surface area (Å²) in [5, 5.41) is 0. The van der Waals surface area contributed by atoms with Gasteiger partial charge in [-0.05, 0) is 51.8 Å². The summed E-state index contributed by atoms with van der Waals surface area (Å²) >= 11 is 0. The number of H-pyrrole nitrogens is 1. The maximum absolute atomic E-state index is 12.4. The number of nitrogens with zero attached hydrogens (tertiary/aromatic N) is 2. The number of carbonyl (C=O) groups excluding carboxylic acids is 1. The number of fused-ring (bicyclic) bond motifs is 1. The average molecular weight is 311 g/mol.